The molecule has 3 fully saturated rings. The Balaban J connectivity index is 1.22. The van der Waals surface area contributed by atoms with E-state index in [1.165, 1.54) is 12.7 Å². The Morgan fingerprint density at radius 2 is 1.87 bits per heavy atom. The van der Waals surface area contributed by atoms with Gasteiger partial charge in [-0.05, 0) is 86.2 Å². The maximum Gasteiger partial charge on any atom is 0.333 e. The number of methoxy groups -OCH3 is 1. The second-order valence-electron chi connectivity index (χ2n) is 12.3. The fourth-order valence-electron chi connectivity index (χ4n) is 8.31. The first-order chi connectivity index (χ1) is 18.6. The zero-order valence-electron chi connectivity index (χ0n) is 23.2. The van der Waals surface area contributed by atoms with Crippen LogP contribution in [0, 0.1) is 40.9 Å². The van der Waals surface area contributed by atoms with E-state index >= 15 is 0 Å². The molecule has 0 saturated heterocycles. The third-order valence-corrected chi connectivity index (χ3v) is 10.6. The number of nitrogens with one attached hydrogen (secondary N) is 1. The van der Waals surface area contributed by atoms with Crippen molar-refractivity contribution < 1.29 is 24.3 Å². The summed E-state index contributed by atoms with van der Waals surface area (Å²) in [5.41, 5.74) is 1.86. The van der Waals surface area contributed by atoms with Crippen LogP contribution in [0.2, 0.25) is 0 Å². The van der Waals surface area contributed by atoms with E-state index in [0.717, 1.165) is 50.7 Å². The van der Waals surface area contributed by atoms with E-state index in [9.17, 15) is 14.7 Å². The third kappa shape index (κ3) is 4.67. The number of oxime groups is 1. The normalized spacial score (nSPS) is 36.8. The van der Waals surface area contributed by atoms with E-state index in [0.29, 0.717) is 29.7 Å². The molecule has 0 heterocycles. The monoisotopic (exact) mass is 532 g/mol. The molecular formula is C32H40N2O5. The lowest BCUT2D eigenvalue weighted by Crippen LogP contribution is -2.54. The van der Waals surface area contributed by atoms with E-state index < -0.39 is 23.5 Å². The van der Waals surface area contributed by atoms with Gasteiger partial charge in [-0.15, -0.1) is 6.42 Å². The number of fused-ring (bicyclic) bond motifs is 5. The molecule has 2 N–H and O–H groups in total. The van der Waals surface area contributed by atoms with E-state index in [-0.39, 0.29) is 17.4 Å². The molecule has 0 bridgehead atoms. The first-order valence-corrected chi connectivity index (χ1v) is 14.2. The number of rotatable bonds is 6. The second kappa shape index (κ2) is 10.5. The zero-order valence-corrected chi connectivity index (χ0v) is 23.2. The van der Waals surface area contributed by atoms with Crippen LogP contribution in [0.25, 0.3) is 0 Å². The van der Waals surface area contributed by atoms with Gasteiger partial charge in [0.25, 0.3) is 5.91 Å². The lowest BCUT2D eigenvalue weighted by atomic mass is 9.46. The fourth-order valence-corrected chi connectivity index (χ4v) is 8.31. The molecule has 0 radical (unpaired) electrons. The molecular weight excluding hydrogens is 492 g/mol. The molecule has 1 aromatic carbocycles. The molecule has 3 saturated carbocycles. The standard InChI is InChI=1S/C32H40N2O5/c1-5-32(37)18-15-26-24-12-11-22-19-23(13-16-30(22,2)25(24)14-17-31(26,32)3)34-39-20-27(35)33-28(29(36)38-4)21-9-7-6-8-10-21/h1,6-10,19,24-26,28,37H,11-18,20H2,2-4H3,(H,33,35)/b34-23+/t24-,25+,26+,28?,30+,31+,32-/m1/s1. The molecule has 208 valence electrons. The minimum absolute atomic E-state index is 0.112. The first-order valence-electron chi connectivity index (χ1n) is 14.2. The highest BCUT2D eigenvalue weighted by Gasteiger charge is 2.63. The van der Waals surface area contributed by atoms with Gasteiger partial charge in [-0.1, -0.05) is 60.8 Å². The maximum atomic E-state index is 12.6. The van der Waals surface area contributed by atoms with Crippen LogP contribution in [0.5, 0.6) is 0 Å². The lowest BCUT2D eigenvalue weighted by molar-refractivity contribution is -0.145. The molecule has 5 rings (SSSR count). The van der Waals surface area contributed by atoms with E-state index in [1.54, 1.807) is 24.3 Å². The number of terminal acetylenes is 1. The van der Waals surface area contributed by atoms with Gasteiger partial charge in [-0.25, -0.2) is 4.79 Å². The minimum Gasteiger partial charge on any atom is -0.467 e. The van der Waals surface area contributed by atoms with Gasteiger partial charge >= 0.3 is 5.97 Å². The number of benzene rings is 1. The smallest absolute Gasteiger partial charge is 0.333 e. The molecule has 1 unspecified atom stereocenters. The van der Waals surface area contributed by atoms with Gasteiger partial charge in [0, 0.05) is 5.41 Å². The van der Waals surface area contributed by atoms with Crippen LogP contribution in [-0.4, -0.2) is 42.0 Å². The average Bonchev–Trinajstić information content (AvgIpc) is 3.22. The number of hydrogen-bond donors (Lipinski definition) is 2. The quantitative estimate of drug-likeness (QED) is 0.314. The molecule has 39 heavy (non-hydrogen) atoms. The van der Waals surface area contributed by atoms with Crippen LogP contribution in [-0.2, 0) is 19.2 Å². The third-order valence-electron chi connectivity index (χ3n) is 10.6. The van der Waals surface area contributed by atoms with Crippen molar-refractivity contribution >= 4 is 17.6 Å². The Morgan fingerprint density at radius 3 is 2.59 bits per heavy atom. The molecule has 4 aliphatic carbocycles. The van der Waals surface area contributed by atoms with Crippen LogP contribution >= 0.6 is 0 Å². The van der Waals surface area contributed by atoms with Crippen molar-refractivity contribution in [3.63, 3.8) is 0 Å². The second-order valence-corrected chi connectivity index (χ2v) is 12.3. The summed E-state index contributed by atoms with van der Waals surface area (Å²) >= 11 is 0. The molecule has 7 heteroatoms. The lowest BCUT2D eigenvalue weighted by Gasteiger charge is -2.58. The summed E-state index contributed by atoms with van der Waals surface area (Å²) in [5.74, 6) is 3.41. The van der Waals surface area contributed by atoms with Gasteiger partial charge in [-0.3, -0.25) is 4.79 Å². The molecule has 0 spiro atoms. The highest BCUT2D eigenvalue weighted by molar-refractivity contribution is 5.96. The Morgan fingerprint density at radius 1 is 1.13 bits per heavy atom. The molecule has 7 atom stereocenters. The number of nitrogens with zero attached hydrogens (tertiary/aromatic N) is 1. The number of aliphatic hydroxyl groups is 1. The van der Waals surface area contributed by atoms with Crippen molar-refractivity contribution in [2.45, 2.75) is 76.9 Å². The first kappa shape index (κ1) is 27.5. The van der Waals surface area contributed by atoms with Crippen molar-refractivity contribution in [1.82, 2.24) is 5.32 Å². The summed E-state index contributed by atoms with van der Waals surface area (Å²) in [6, 6.07) is 8.06. The summed E-state index contributed by atoms with van der Waals surface area (Å²) in [6.45, 7) is 4.34. The highest BCUT2D eigenvalue weighted by Crippen LogP contribution is 2.67. The van der Waals surface area contributed by atoms with Crippen LogP contribution in [0.4, 0.5) is 0 Å². The van der Waals surface area contributed by atoms with Gasteiger partial charge in [0.1, 0.15) is 5.60 Å². The Bertz CT molecular complexity index is 1220. The van der Waals surface area contributed by atoms with E-state index in [1.807, 2.05) is 6.07 Å². The summed E-state index contributed by atoms with van der Waals surface area (Å²) in [4.78, 5) is 30.2. The van der Waals surface area contributed by atoms with Crippen molar-refractivity contribution in [1.29, 1.82) is 0 Å². The highest BCUT2D eigenvalue weighted by atomic mass is 16.6. The van der Waals surface area contributed by atoms with Gasteiger partial charge in [0.2, 0.25) is 0 Å². The van der Waals surface area contributed by atoms with Crippen molar-refractivity contribution in [3.8, 4) is 12.3 Å². The topological polar surface area (TPSA) is 97.2 Å². The molecule has 4 aliphatic rings. The van der Waals surface area contributed by atoms with Crippen LogP contribution in [0.15, 0.2) is 47.1 Å². The Hall–Kier alpha value is -3.11. The Labute approximate surface area is 231 Å². The summed E-state index contributed by atoms with van der Waals surface area (Å²) in [7, 11) is 1.29. The molecule has 0 aromatic heterocycles. The number of hydrogen-bond acceptors (Lipinski definition) is 6. The number of allylic oxidation sites excluding steroid dienone is 2. The summed E-state index contributed by atoms with van der Waals surface area (Å²) in [6.07, 6.45) is 15.7. The molecule has 1 amide bonds. The van der Waals surface area contributed by atoms with Crippen molar-refractivity contribution in [3.05, 3.63) is 47.5 Å². The van der Waals surface area contributed by atoms with Gasteiger partial charge in [0.15, 0.2) is 12.6 Å². The van der Waals surface area contributed by atoms with Crippen LogP contribution in [0.1, 0.15) is 76.8 Å². The van der Waals surface area contributed by atoms with E-state index in [2.05, 4.69) is 36.3 Å². The van der Waals surface area contributed by atoms with Crippen LogP contribution in [0.3, 0.4) is 0 Å². The largest absolute Gasteiger partial charge is 0.467 e. The van der Waals surface area contributed by atoms with Crippen molar-refractivity contribution in [2.75, 3.05) is 13.7 Å². The minimum atomic E-state index is -0.979. The zero-order chi connectivity index (χ0) is 27.8. The van der Waals surface area contributed by atoms with Gasteiger partial charge in [0.05, 0.1) is 12.8 Å². The average molecular weight is 533 g/mol. The predicted molar refractivity (Wildman–Crippen MR) is 148 cm³/mol. The van der Waals surface area contributed by atoms with Crippen LogP contribution < -0.4 is 5.32 Å². The fraction of sp³-hybridized carbons (Fsp3) is 0.594. The number of amides is 1. The number of carbonyl (C=O) groups excluding carboxylic acids is 2. The van der Waals surface area contributed by atoms with Gasteiger partial charge in [-0.2, -0.15) is 0 Å². The summed E-state index contributed by atoms with van der Waals surface area (Å²) in [5, 5.41) is 18.2. The summed E-state index contributed by atoms with van der Waals surface area (Å²) < 4.78 is 4.86. The Kier molecular flexibility index (Phi) is 7.37. The number of ether oxygens (including phenoxy) is 1. The van der Waals surface area contributed by atoms with Gasteiger partial charge < -0.3 is 20.0 Å². The predicted octanol–water partition coefficient (Wildman–Crippen LogP) is 4.72. The van der Waals surface area contributed by atoms with Crippen molar-refractivity contribution in [2.24, 2.45) is 33.7 Å². The molecule has 1 aromatic rings. The van der Waals surface area contributed by atoms with E-state index in [4.69, 9.17) is 16.0 Å². The number of carbonyl (C=O) groups is 2. The SMILES string of the molecule is C#C[C@@]1(O)CC[C@H]2[C@@H]3CCC4=C/C(=N/OCC(=O)NC(C(=O)OC)c5ccccc5)CC[C@]4(C)[C@H]3CC[C@@]21C. The molecule has 7 nitrogen and oxygen atoms in total. The maximum absolute atomic E-state index is 12.6. The number of esters is 1. The molecule has 0 aliphatic heterocycles.